The van der Waals surface area contributed by atoms with Gasteiger partial charge in [-0.25, -0.2) is 4.98 Å². The van der Waals surface area contributed by atoms with E-state index >= 15 is 0 Å². The highest BCUT2D eigenvalue weighted by atomic mass is 16.4. The number of aryl methyl sites for hydroxylation is 1. The van der Waals surface area contributed by atoms with Crippen molar-refractivity contribution in [2.45, 2.75) is 6.92 Å². The van der Waals surface area contributed by atoms with Gasteiger partial charge in [0.25, 0.3) is 5.56 Å². The van der Waals surface area contributed by atoms with E-state index in [4.69, 9.17) is 4.42 Å². The lowest BCUT2D eigenvalue weighted by Crippen LogP contribution is -2.20. The SMILES string of the molecule is Cc1nc2ccc(-c3nnc(-c4ccccc4)o3)cc2c(=O)n1C. The Morgan fingerprint density at radius 3 is 2.42 bits per heavy atom. The van der Waals surface area contributed by atoms with E-state index in [9.17, 15) is 4.79 Å². The van der Waals surface area contributed by atoms with Gasteiger partial charge >= 0.3 is 0 Å². The maximum absolute atomic E-state index is 12.4. The number of fused-ring (bicyclic) bond motifs is 1. The van der Waals surface area contributed by atoms with E-state index in [2.05, 4.69) is 15.2 Å². The standard InChI is InChI=1S/C18H14N4O2/c1-11-19-15-9-8-13(10-14(15)18(23)22(11)2)17-21-20-16(24-17)12-6-4-3-5-7-12/h3-10H,1-2H3. The normalized spacial score (nSPS) is 11.1. The molecule has 6 nitrogen and oxygen atoms in total. The van der Waals surface area contributed by atoms with Gasteiger partial charge in [0.05, 0.1) is 10.9 Å². The first-order chi connectivity index (χ1) is 11.6. The number of hydrogen-bond donors (Lipinski definition) is 0. The van der Waals surface area contributed by atoms with Gasteiger partial charge in [-0.1, -0.05) is 18.2 Å². The molecular formula is C18H14N4O2. The number of benzene rings is 2. The highest BCUT2D eigenvalue weighted by molar-refractivity contribution is 5.82. The van der Waals surface area contributed by atoms with Crippen molar-refractivity contribution in [3.8, 4) is 22.9 Å². The molecule has 0 bridgehead atoms. The van der Waals surface area contributed by atoms with Crippen LogP contribution in [-0.2, 0) is 7.05 Å². The summed E-state index contributed by atoms with van der Waals surface area (Å²) in [6, 6.07) is 14.9. The fraction of sp³-hybridized carbons (Fsp3) is 0.111. The maximum Gasteiger partial charge on any atom is 0.261 e. The van der Waals surface area contributed by atoms with Crippen molar-refractivity contribution >= 4 is 10.9 Å². The van der Waals surface area contributed by atoms with Crippen LogP contribution in [0.5, 0.6) is 0 Å². The molecule has 6 heteroatoms. The average Bonchev–Trinajstić information content (AvgIpc) is 3.10. The van der Waals surface area contributed by atoms with Crippen molar-refractivity contribution in [1.82, 2.24) is 19.7 Å². The molecule has 0 unspecified atom stereocenters. The predicted octanol–water partition coefficient (Wildman–Crippen LogP) is 2.96. The molecule has 0 radical (unpaired) electrons. The van der Waals surface area contributed by atoms with Crippen molar-refractivity contribution in [2.24, 2.45) is 7.05 Å². The minimum atomic E-state index is -0.0952. The van der Waals surface area contributed by atoms with E-state index < -0.39 is 0 Å². The Morgan fingerprint density at radius 1 is 0.958 bits per heavy atom. The molecule has 0 atom stereocenters. The lowest BCUT2D eigenvalue weighted by molar-refractivity contribution is 0.584. The molecule has 4 rings (SSSR count). The van der Waals surface area contributed by atoms with Gasteiger partial charge in [-0.15, -0.1) is 10.2 Å². The number of nitrogens with zero attached hydrogens (tertiary/aromatic N) is 4. The largest absolute Gasteiger partial charge is 0.416 e. The van der Waals surface area contributed by atoms with Crippen LogP contribution in [0.25, 0.3) is 33.8 Å². The van der Waals surface area contributed by atoms with E-state index in [1.165, 1.54) is 4.57 Å². The zero-order valence-corrected chi connectivity index (χ0v) is 13.2. The first-order valence-corrected chi connectivity index (χ1v) is 7.50. The van der Waals surface area contributed by atoms with Crippen LogP contribution in [0, 0.1) is 6.92 Å². The van der Waals surface area contributed by atoms with E-state index in [-0.39, 0.29) is 5.56 Å². The van der Waals surface area contributed by atoms with Crippen molar-refractivity contribution in [3.05, 3.63) is 64.7 Å². The van der Waals surface area contributed by atoms with Gasteiger partial charge in [0.1, 0.15) is 5.82 Å². The lowest BCUT2D eigenvalue weighted by Gasteiger charge is -2.05. The first-order valence-electron chi connectivity index (χ1n) is 7.50. The summed E-state index contributed by atoms with van der Waals surface area (Å²) in [7, 11) is 1.71. The Labute approximate surface area is 137 Å². The van der Waals surface area contributed by atoms with Crippen LogP contribution in [0.15, 0.2) is 57.7 Å². The second kappa shape index (κ2) is 5.42. The fourth-order valence-corrected chi connectivity index (χ4v) is 2.55. The first kappa shape index (κ1) is 14.3. The van der Waals surface area contributed by atoms with Gasteiger partial charge in [-0.3, -0.25) is 9.36 Å². The minimum Gasteiger partial charge on any atom is -0.416 e. The Hall–Kier alpha value is -3.28. The van der Waals surface area contributed by atoms with Crippen LogP contribution < -0.4 is 5.56 Å². The van der Waals surface area contributed by atoms with Gasteiger partial charge < -0.3 is 4.42 Å². The molecule has 0 aliphatic rings. The molecule has 4 aromatic rings. The Balaban J connectivity index is 1.83. The maximum atomic E-state index is 12.4. The summed E-state index contributed by atoms with van der Waals surface area (Å²) in [6.45, 7) is 1.80. The Bertz CT molecular complexity index is 1100. The zero-order valence-electron chi connectivity index (χ0n) is 13.2. The molecule has 2 aromatic carbocycles. The molecule has 24 heavy (non-hydrogen) atoms. The van der Waals surface area contributed by atoms with Crippen LogP contribution in [0.2, 0.25) is 0 Å². The summed E-state index contributed by atoms with van der Waals surface area (Å²) in [4.78, 5) is 16.8. The molecule has 0 aliphatic heterocycles. The zero-order chi connectivity index (χ0) is 16.7. The van der Waals surface area contributed by atoms with E-state index in [1.54, 1.807) is 26.1 Å². The molecular weight excluding hydrogens is 304 g/mol. The third-order valence-corrected chi connectivity index (χ3v) is 3.99. The monoisotopic (exact) mass is 318 g/mol. The van der Waals surface area contributed by atoms with Crippen molar-refractivity contribution in [2.75, 3.05) is 0 Å². The molecule has 118 valence electrons. The van der Waals surface area contributed by atoms with Gasteiger partial charge in [0, 0.05) is 18.2 Å². The van der Waals surface area contributed by atoms with Gasteiger partial charge in [0.15, 0.2) is 0 Å². The second-order valence-electron chi connectivity index (χ2n) is 5.53. The lowest BCUT2D eigenvalue weighted by atomic mass is 10.1. The topological polar surface area (TPSA) is 73.8 Å². The second-order valence-corrected chi connectivity index (χ2v) is 5.53. The highest BCUT2D eigenvalue weighted by Gasteiger charge is 2.13. The molecule has 0 fully saturated rings. The summed E-state index contributed by atoms with van der Waals surface area (Å²) in [5.41, 5.74) is 2.11. The molecule has 0 N–H and O–H groups in total. The smallest absolute Gasteiger partial charge is 0.261 e. The van der Waals surface area contributed by atoms with Crippen molar-refractivity contribution in [1.29, 1.82) is 0 Å². The molecule has 0 amide bonds. The molecule has 2 aromatic heterocycles. The Kier molecular flexibility index (Phi) is 3.23. The van der Waals surface area contributed by atoms with Crippen LogP contribution in [0.1, 0.15) is 5.82 Å². The van der Waals surface area contributed by atoms with Crippen LogP contribution >= 0.6 is 0 Å². The highest BCUT2D eigenvalue weighted by Crippen LogP contribution is 2.25. The molecule has 2 heterocycles. The molecule has 0 saturated carbocycles. The van der Waals surface area contributed by atoms with Crippen LogP contribution in [0.3, 0.4) is 0 Å². The van der Waals surface area contributed by atoms with E-state index in [1.807, 2.05) is 36.4 Å². The van der Waals surface area contributed by atoms with Crippen LogP contribution in [-0.4, -0.2) is 19.7 Å². The summed E-state index contributed by atoms with van der Waals surface area (Å²) in [5.74, 6) is 1.49. The van der Waals surface area contributed by atoms with E-state index in [0.29, 0.717) is 34.1 Å². The number of hydrogen-bond acceptors (Lipinski definition) is 5. The summed E-state index contributed by atoms with van der Waals surface area (Å²) < 4.78 is 7.27. The predicted molar refractivity (Wildman–Crippen MR) is 90.4 cm³/mol. The van der Waals surface area contributed by atoms with Gasteiger partial charge in [-0.05, 0) is 37.3 Å². The van der Waals surface area contributed by atoms with Crippen LogP contribution in [0.4, 0.5) is 0 Å². The Morgan fingerprint density at radius 2 is 1.67 bits per heavy atom. The molecule has 0 aliphatic carbocycles. The summed E-state index contributed by atoms with van der Waals surface area (Å²) in [5, 5.41) is 8.70. The number of aromatic nitrogens is 4. The quantitative estimate of drug-likeness (QED) is 0.568. The summed E-state index contributed by atoms with van der Waals surface area (Å²) >= 11 is 0. The number of rotatable bonds is 2. The van der Waals surface area contributed by atoms with Crippen molar-refractivity contribution < 1.29 is 4.42 Å². The summed E-state index contributed by atoms with van der Waals surface area (Å²) in [6.07, 6.45) is 0. The van der Waals surface area contributed by atoms with Gasteiger partial charge in [-0.2, -0.15) is 0 Å². The van der Waals surface area contributed by atoms with E-state index in [0.717, 1.165) is 5.56 Å². The third kappa shape index (κ3) is 2.28. The average molecular weight is 318 g/mol. The van der Waals surface area contributed by atoms with Gasteiger partial charge in [0.2, 0.25) is 11.8 Å². The molecule has 0 spiro atoms. The van der Waals surface area contributed by atoms with Crippen molar-refractivity contribution in [3.63, 3.8) is 0 Å². The third-order valence-electron chi connectivity index (χ3n) is 3.99. The minimum absolute atomic E-state index is 0.0952. The molecule has 0 saturated heterocycles. The fourth-order valence-electron chi connectivity index (χ4n) is 2.55.